The summed E-state index contributed by atoms with van der Waals surface area (Å²) in [4.78, 5) is 0. The molecule has 0 amide bonds. The minimum absolute atomic E-state index is 0.147. The van der Waals surface area contributed by atoms with Crippen LogP contribution in [-0.4, -0.2) is 6.54 Å². The van der Waals surface area contributed by atoms with E-state index >= 15 is 0 Å². The normalized spacial score (nSPS) is 10.8. The van der Waals surface area contributed by atoms with Crippen molar-refractivity contribution in [3.8, 4) is 0 Å². The zero-order valence-corrected chi connectivity index (χ0v) is 12.3. The summed E-state index contributed by atoms with van der Waals surface area (Å²) in [5.41, 5.74) is 1.03. The molecule has 1 nitrogen and oxygen atoms in total. The molecule has 0 atom stereocenters. The van der Waals surface area contributed by atoms with Gasteiger partial charge in [-0.1, -0.05) is 64.0 Å². The molecule has 0 heterocycles. The van der Waals surface area contributed by atoms with Crippen LogP contribution in [-0.2, 0) is 6.54 Å². The van der Waals surface area contributed by atoms with Crippen LogP contribution in [0, 0.1) is 5.82 Å². The Kier molecular flexibility index (Phi) is 9.34. The van der Waals surface area contributed by atoms with Gasteiger partial charge < -0.3 is 5.32 Å². The summed E-state index contributed by atoms with van der Waals surface area (Å²) in [5, 5.41) is 3.37. The highest BCUT2D eigenvalue weighted by atomic mass is 19.1. The second-order valence-electron chi connectivity index (χ2n) is 5.28. The Bertz CT molecular complexity index is 325. The minimum atomic E-state index is -0.147. The van der Waals surface area contributed by atoms with Gasteiger partial charge in [0.05, 0.1) is 0 Å². The molecule has 1 aromatic rings. The molecule has 0 radical (unpaired) electrons. The number of benzene rings is 1. The molecule has 0 bridgehead atoms. The lowest BCUT2D eigenvalue weighted by Crippen LogP contribution is -2.14. The topological polar surface area (TPSA) is 12.0 Å². The van der Waals surface area contributed by atoms with Crippen LogP contribution in [0.1, 0.15) is 63.9 Å². The van der Waals surface area contributed by atoms with E-state index in [1.54, 1.807) is 12.1 Å². The van der Waals surface area contributed by atoms with Crippen molar-refractivity contribution in [2.45, 2.75) is 64.8 Å². The van der Waals surface area contributed by atoms with Gasteiger partial charge in [-0.05, 0) is 30.7 Å². The first-order valence-electron chi connectivity index (χ1n) is 7.78. The van der Waals surface area contributed by atoms with Gasteiger partial charge in [0.15, 0.2) is 0 Å². The average molecular weight is 265 g/mol. The lowest BCUT2D eigenvalue weighted by molar-refractivity contribution is 0.554. The quantitative estimate of drug-likeness (QED) is 0.552. The SMILES string of the molecule is CCCCCCCCCCNCc1cccc(F)c1. The molecule has 0 saturated heterocycles. The summed E-state index contributed by atoms with van der Waals surface area (Å²) >= 11 is 0. The van der Waals surface area contributed by atoms with Gasteiger partial charge in [-0.25, -0.2) is 4.39 Å². The van der Waals surface area contributed by atoms with Gasteiger partial charge in [0.25, 0.3) is 0 Å². The fourth-order valence-electron chi connectivity index (χ4n) is 2.26. The molecule has 0 saturated carbocycles. The maximum atomic E-state index is 12.9. The maximum Gasteiger partial charge on any atom is 0.123 e. The first-order chi connectivity index (χ1) is 9.33. The third kappa shape index (κ3) is 8.77. The van der Waals surface area contributed by atoms with Crippen molar-refractivity contribution in [1.82, 2.24) is 5.32 Å². The van der Waals surface area contributed by atoms with E-state index in [4.69, 9.17) is 0 Å². The van der Waals surface area contributed by atoms with Crippen LogP contribution >= 0.6 is 0 Å². The van der Waals surface area contributed by atoms with Crippen LogP contribution in [0.2, 0.25) is 0 Å². The summed E-state index contributed by atoms with van der Waals surface area (Å²) in [7, 11) is 0. The highest BCUT2D eigenvalue weighted by Crippen LogP contribution is 2.08. The first kappa shape index (κ1) is 16.2. The van der Waals surface area contributed by atoms with Gasteiger partial charge in [0.1, 0.15) is 5.82 Å². The van der Waals surface area contributed by atoms with E-state index in [1.165, 1.54) is 57.4 Å². The Labute approximate surface area is 117 Å². The van der Waals surface area contributed by atoms with Crippen LogP contribution in [0.15, 0.2) is 24.3 Å². The van der Waals surface area contributed by atoms with Crippen molar-refractivity contribution < 1.29 is 4.39 Å². The van der Waals surface area contributed by atoms with Crippen LogP contribution in [0.5, 0.6) is 0 Å². The molecule has 2 heteroatoms. The summed E-state index contributed by atoms with van der Waals surface area (Å²) in [6.45, 7) is 4.06. The average Bonchev–Trinajstić information content (AvgIpc) is 2.41. The Morgan fingerprint density at radius 1 is 0.947 bits per heavy atom. The molecular weight excluding hydrogens is 237 g/mol. The Morgan fingerprint density at radius 3 is 2.32 bits per heavy atom. The van der Waals surface area contributed by atoms with E-state index in [1.807, 2.05) is 6.07 Å². The van der Waals surface area contributed by atoms with E-state index in [0.717, 1.165) is 18.7 Å². The number of rotatable bonds is 11. The molecule has 1 aromatic carbocycles. The predicted octanol–water partition coefficient (Wildman–Crippen LogP) is 5.06. The summed E-state index contributed by atoms with van der Waals surface area (Å²) < 4.78 is 12.9. The third-order valence-corrected chi connectivity index (χ3v) is 3.43. The number of hydrogen-bond acceptors (Lipinski definition) is 1. The lowest BCUT2D eigenvalue weighted by Gasteiger charge is -2.05. The van der Waals surface area contributed by atoms with E-state index in [0.29, 0.717) is 0 Å². The van der Waals surface area contributed by atoms with Crippen LogP contribution < -0.4 is 5.32 Å². The lowest BCUT2D eigenvalue weighted by atomic mass is 10.1. The highest BCUT2D eigenvalue weighted by Gasteiger charge is 1.95. The number of hydrogen-bond donors (Lipinski definition) is 1. The van der Waals surface area contributed by atoms with E-state index in [9.17, 15) is 4.39 Å². The molecular formula is C17H28FN. The summed E-state index contributed by atoms with van der Waals surface area (Å²) in [6.07, 6.45) is 10.8. The molecule has 1 N–H and O–H groups in total. The molecule has 0 spiro atoms. The zero-order chi connectivity index (χ0) is 13.8. The number of unbranched alkanes of at least 4 members (excludes halogenated alkanes) is 7. The number of halogens is 1. The fraction of sp³-hybridized carbons (Fsp3) is 0.647. The molecule has 108 valence electrons. The van der Waals surface area contributed by atoms with Crippen LogP contribution in [0.4, 0.5) is 4.39 Å². The number of nitrogens with one attached hydrogen (secondary N) is 1. The van der Waals surface area contributed by atoms with Crippen molar-refractivity contribution in [2.75, 3.05) is 6.54 Å². The molecule has 0 aromatic heterocycles. The molecule has 0 aliphatic rings. The van der Waals surface area contributed by atoms with Crippen molar-refractivity contribution in [3.05, 3.63) is 35.6 Å². The molecule has 0 aliphatic heterocycles. The summed E-state index contributed by atoms with van der Waals surface area (Å²) in [5.74, 6) is -0.147. The molecule has 0 fully saturated rings. The standard InChI is InChI=1S/C17H28FN/c1-2-3-4-5-6-7-8-9-13-19-15-16-11-10-12-17(18)14-16/h10-12,14,19H,2-9,13,15H2,1H3. The van der Waals surface area contributed by atoms with E-state index in [2.05, 4.69) is 12.2 Å². The maximum absolute atomic E-state index is 12.9. The summed E-state index contributed by atoms with van der Waals surface area (Å²) in [6, 6.07) is 6.81. The molecule has 0 unspecified atom stereocenters. The molecule has 0 aliphatic carbocycles. The van der Waals surface area contributed by atoms with Crippen molar-refractivity contribution in [2.24, 2.45) is 0 Å². The van der Waals surface area contributed by atoms with E-state index < -0.39 is 0 Å². The second-order valence-corrected chi connectivity index (χ2v) is 5.28. The smallest absolute Gasteiger partial charge is 0.123 e. The minimum Gasteiger partial charge on any atom is -0.313 e. The Hall–Kier alpha value is -0.890. The Morgan fingerprint density at radius 2 is 1.63 bits per heavy atom. The first-order valence-corrected chi connectivity index (χ1v) is 7.78. The van der Waals surface area contributed by atoms with Gasteiger partial charge in [0, 0.05) is 6.54 Å². The molecule has 1 rings (SSSR count). The van der Waals surface area contributed by atoms with Gasteiger partial charge in [-0.2, -0.15) is 0 Å². The van der Waals surface area contributed by atoms with Crippen molar-refractivity contribution in [1.29, 1.82) is 0 Å². The van der Waals surface area contributed by atoms with Gasteiger partial charge >= 0.3 is 0 Å². The van der Waals surface area contributed by atoms with Crippen LogP contribution in [0.25, 0.3) is 0 Å². The molecule has 19 heavy (non-hydrogen) atoms. The fourth-order valence-corrected chi connectivity index (χ4v) is 2.26. The van der Waals surface area contributed by atoms with E-state index in [-0.39, 0.29) is 5.82 Å². The monoisotopic (exact) mass is 265 g/mol. The highest BCUT2D eigenvalue weighted by molar-refractivity contribution is 5.15. The predicted molar refractivity (Wildman–Crippen MR) is 80.7 cm³/mol. The van der Waals surface area contributed by atoms with Crippen molar-refractivity contribution >= 4 is 0 Å². The van der Waals surface area contributed by atoms with Gasteiger partial charge in [-0.3, -0.25) is 0 Å². The Balaban J connectivity index is 1.89. The zero-order valence-electron chi connectivity index (χ0n) is 12.3. The largest absolute Gasteiger partial charge is 0.313 e. The third-order valence-electron chi connectivity index (χ3n) is 3.43. The van der Waals surface area contributed by atoms with Crippen molar-refractivity contribution in [3.63, 3.8) is 0 Å². The second kappa shape index (κ2) is 11.0. The van der Waals surface area contributed by atoms with Gasteiger partial charge in [-0.15, -0.1) is 0 Å². The van der Waals surface area contributed by atoms with Gasteiger partial charge in [0.2, 0.25) is 0 Å². The van der Waals surface area contributed by atoms with Crippen LogP contribution in [0.3, 0.4) is 0 Å².